The van der Waals surface area contributed by atoms with Gasteiger partial charge in [-0.25, -0.2) is 0 Å². The van der Waals surface area contributed by atoms with Gasteiger partial charge in [0.1, 0.15) is 5.82 Å². The van der Waals surface area contributed by atoms with Crippen LogP contribution in [0.3, 0.4) is 0 Å². The number of rotatable bonds is 3. The monoisotopic (exact) mass is 369 g/mol. The Bertz CT molecular complexity index is 617. The first kappa shape index (κ1) is 19.3. The lowest BCUT2D eigenvalue weighted by Gasteiger charge is -2.34. The van der Waals surface area contributed by atoms with E-state index in [4.69, 9.17) is 17.3 Å². The molecule has 0 bridgehead atoms. The summed E-state index contributed by atoms with van der Waals surface area (Å²) in [4.78, 5) is 37.6. The number of amides is 3. The lowest BCUT2D eigenvalue weighted by molar-refractivity contribution is -0.139. The summed E-state index contributed by atoms with van der Waals surface area (Å²) in [7, 11) is 3.42. The average molecular weight is 370 g/mol. The Morgan fingerprint density at radius 1 is 1.24 bits per heavy atom. The van der Waals surface area contributed by atoms with E-state index >= 15 is 0 Å². The second-order valence-corrected chi connectivity index (χ2v) is 6.97. The Morgan fingerprint density at radius 2 is 1.96 bits per heavy atom. The molecule has 0 spiro atoms. The van der Waals surface area contributed by atoms with Crippen LogP contribution in [0.2, 0.25) is 0 Å². The van der Waals surface area contributed by atoms with Crippen LogP contribution < -0.4 is 21.7 Å². The van der Waals surface area contributed by atoms with Gasteiger partial charge >= 0.3 is 11.8 Å². The minimum absolute atomic E-state index is 0.0417. The Labute approximate surface area is 151 Å². The summed E-state index contributed by atoms with van der Waals surface area (Å²) in [6.45, 7) is 0.393. The van der Waals surface area contributed by atoms with E-state index in [0.717, 1.165) is 0 Å². The standard InChI is InChI=1S/C16H24ClN5O3/c1-22(2)16(25)9-3-5-12(11(18)7-9)20-14(23)15(24)21-13-6-4-10(17)8-19-13/h4,6,9,11-12,19H,3,5,7-8,18H2,1-2H3,(H,20,23)(H,21,24)/t9-,11+,12-/m0/s1. The van der Waals surface area contributed by atoms with Crippen LogP contribution in [0.5, 0.6) is 0 Å². The maximum atomic E-state index is 12.1. The molecule has 1 saturated carbocycles. The van der Waals surface area contributed by atoms with E-state index in [0.29, 0.717) is 36.7 Å². The maximum absolute atomic E-state index is 12.1. The van der Waals surface area contributed by atoms with Crippen molar-refractivity contribution in [1.82, 2.24) is 20.9 Å². The summed E-state index contributed by atoms with van der Waals surface area (Å²) in [5, 5.41) is 8.62. The fraction of sp³-hybridized carbons (Fsp3) is 0.562. The molecule has 0 aromatic rings. The van der Waals surface area contributed by atoms with Crippen molar-refractivity contribution >= 4 is 29.3 Å². The van der Waals surface area contributed by atoms with E-state index in [2.05, 4.69) is 16.0 Å². The molecule has 1 aliphatic heterocycles. The number of hydrogen-bond acceptors (Lipinski definition) is 5. The fourth-order valence-electron chi connectivity index (χ4n) is 2.94. The van der Waals surface area contributed by atoms with Gasteiger partial charge in [-0.3, -0.25) is 14.4 Å². The topological polar surface area (TPSA) is 117 Å². The SMILES string of the molecule is CN(C)C(=O)[C@H]1CC[C@H](NC(=O)C(=O)NC2=CC=C(Cl)CN2)[C@H](N)C1. The number of nitrogens with zero attached hydrogens (tertiary/aromatic N) is 1. The maximum Gasteiger partial charge on any atom is 0.314 e. The van der Waals surface area contributed by atoms with Gasteiger partial charge < -0.3 is 26.6 Å². The van der Waals surface area contributed by atoms with Crippen molar-refractivity contribution in [2.75, 3.05) is 20.6 Å². The number of carbonyl (C=O) groups is 3. The molecule has 0 saturated heterocycles. The van der Waals surface area contributed by atoms with Gasteiger partial charge in [-0.15, -0.1) is 0 Å². The van der Waals surface area contributed by atoms with Crippen molar-refractivity contribution in [1.29, 1.82) is 0 Å². The van der Waals surface area contributed by atoms with Gasteiger partial charge in [0, 0.05) is 37.1 Å². The first-order chi connectivity index (χ1) is 11.8. The first-order valence-corrected chi connectivity index (χ1v) is 8.54. The van der Waals surface area contributed by atoms with Crippen molar-refractivity contribution in [3.05, 3.63) is 23.0 Å². The van der Waals surface area contributed by atoms with Crippen LogP contribution in [-0.4, -0.2) is 55.3 Å². The highest BCUT2D eigenvalue weighted by atomic mass is 35.5. The molecular formula is C16H24ClN5O3. The predicted octanol–water partition coefficient (Wildman–Crippen LogP) is -0.630. The Kier molecular flexibility index (Phi) is 6.44. The van der Waals surface area contributed by atoms with Crippen LogP contribution in [0, 0.1) is 5.92 Å². The molecule has 1 fully saturated rings. The van der Waals surface area contributed by atoms with E-state index in [1.807, 2.05) is 0 Å². The summed E-state index contributed by atoms with van der Waals surface area (Å²) in [6, 6.07) is -0.694. The molecule has 3 atom stereocenters. The normalized spacial score (nSPS) is 25.8. The van der Waals surface area contributed by atoms with Crippen LogP contribution in [0.15, 0.2) is 23.0 Å². The highest BCUT2D eigenvalue weighted by Gasteiger charge is 2.34. The summed E-state index contributed by atoms with van der Waals surface area (Å²) >= 11 is 5.80. The van der Waals surface area contributed by atoms with Crippen molar-refractivity contribution < 1.29 is 14.4 Å². The molecule has 1 heterocycles. The number of allylic oxidation sites excluding steroid dienone is 2. The van der Waals surface area contributed by atoms with E-state index in [-0.39, 0.29) is 23.9 Å². The van der Waals surface area contributed by atoms with Crippen LogP contribution >= 0.6 is 11.6 Å². The molecule has 3 amide bonds. The molecule has 0 unspecified atom stereocenters. The smallest absolute Gasteiger partial charge is 0.314 e. The zero-order chi connectivity index (χ0) is 18.6. The van der Waals surface area contributed by atoms with E-state index in [9.17, 15) is 14.4 Å². The molecule has 8 nitrogen and oxygen atoms in total. The Morgan fingerprint density at radius 3 is 2.52 bits per heavy atom. The van der Waals surface area contributed by atoms with Gasteiger partial charge in [-0.05, 0) is 31.4 Å². The average Bonchev–Trinajstić information content (AvgIpc) is 2.57. The van der Waals surface area contributed by atoms with E-state index in [1.54, 1.807) is 31.1 Å². The first-order valence-electron chi connectivity index (χ1n) is 8.16. The summed E-state index contributed by atoms with van der Waals surface area (Å²) in [5.74, 6) is -1.21. The van der Waals surface area contributed by atoms with Crippen LogP contribution in [0.1, 0.15) is 19.3 Å². The number of nitrogens with two attached hydrogens (primary N) is 1. The third-order valence-corrected chi connectivity index (χ3v) is 4.60. The Balaban J connectivity index is 1.84. The molecule has 0 radical (unpaired) electrons. The number of dihydropyridines is 1. The molecule has 5 N–H and O–H groups in total. The molecule has 0 aromatic heterocycles. The Hall–Kier alpha value is -2.06. The zero-order valence-corrected chi connectivity index (χ0v) is 15.1. The largest absolute Gasteiger partial charge is 0.367 e. The van der Waals surface area contributed by atoms with Gasteiger partial charge in [-0.2, -0.15) is 0 Å². The minimum atomic E-state index is -0.774. The molecule has 2 aliphatic rings. The predicted molar refractivity (Wildman–Crippen MR) is 94.1 cm³/mol. The molecule has 9 heteroatoms. The highest BCUT2D eigenvalue weighted by molar-refractivity contribution is 6.35. The van der Waals surface area contributed by atoms with Crippen molar-refractivity contribution in [2.24, 2.45) is 11.7 Å². The third-order valence-electron chi connectivity index (χ3n) is 4.34. The molecule has 1 aliphatic carbocycles. The second kappa shape index (κ2) is 8.35. The number of nitrogens with one attached hydrogen (secondary N) is 3. The molecule has 138 valence electrons. The molecule has 25 heavy (non-hydrogen) atoms. The van der Waals surface area contributed by atoms with Crippen molar-refractivity contribution in [3.8, 4) is 0 Å². The summed E-state index contributed by atoms with van der Waals surface area (Å²) in [6.07, 6.45) is 4.90. The number of halogens is 1. The van der Waals surface area contributed by atoms with Crippen molar-refractivity contribution in [3.63, 3.8) is 0 Å². The van der Waals surface area contributed by atoms with Gasteiger partial charge in [0.15, 0.2) is 0 Å². The van der Waals surface area contributed by atoms with E-state index in [1.165, 1.54) is 0 Å². The van der Waals surface area contributed by atoms with Crippen LogP contribution in [0.25, 0.3) is 0 Å². The molecule has 0 aromatic carbocycles. The van der Waals surface area contributed by atoms with Gasteiger partial charge in [-0.1, -0.05) is 11.6 Å². The fourth-order valence-corrected chi connectivity index (χ4v) is 3.07. The third kappa shape index (κ3) is 5.20. The lowest BCUT2D eigenvalue weighted by Crippen LogP contribution is -2.55. The highest BCUT2D eigenvalue weighted by Crippen LogP contribution is 2.25. The summed E-state index contributed by atoms with van der Waals surface area (Å²) in [5.41, 5.74) is 6.09. The van der Waals surface area contributed by atoms with Crippen LogP contribution in [-0.2, 0) is 14.4 Å². The molecular weight excluding hydrogens is 346 g/mol. The summed E-state index contributed by atoms with van der Waals surface area (Å²) < 4.78 is 0. The number of hydrogen-bond donors (Lipinski definition) is 4. The zero-order valence-electron chi connectivity index (χ0n) is 14.3. The second-order valence-electron chi connectivity index (χ2n) is 6.49. The van der Waals surface area contributed by atoms with Gasteiger partial charge in [0.05, 0.1) is 6.54 Å². The van der Waals surface area contributed by atoms with Crippen LogP contribution in [0.4, 0.5) is 0 Å². The lowest BCUT2D eigenvalue weighted by atomic mass is 9.82. The quantitative estimate of drug-likeness (QED) is 0.494. The van der Waals surface area contributed by atoms with Crippen molar-refractivity contribution in [2.45, 2.75) is 31.3 Å². The van der Waals surface area contributed by atoms with Gasteiger partial charge in [0.2, 0.25) is 5.91 Å². The number of carbonyl (C=O) groups excluding carboxylic acids is 3. The molecule has 2 rings (SSSR count). The minimum Gasteiger partial charge on any atom is -0.367 e. The van der Waals surface area contributed by atoms with Gasteiger partial charge in [0.25, 0.3) is 0 Å². The van der Waals surface area contributed by atoms with E-state index < -0.39 is 11.8 Å².